The first-order chi connectivity index (χ1) is 7.59. The minimum atomic E-state index is 0.172. The third kappa shape index (κ3) is 2.38. The first-order valence-corrected chi connectivity index (χ1v) is 7.30. The van der Waals surface area contributed by atoms with E-state index in [1.165, 1.54) is 5.75 Å². The van der Waals surface area contributed by atoms with E-state index in [1.807, 2.05) is 16.7 Å². The van der Waals surface area contributed by atoms with Crippen molar-refractivity contribution in [2.24, 2.45) is 0 Å². The SMILES string of the molecule is CC(C)N1CC[C@H](N2CCS[C@@H](C)C2)C1=O. The molecule has 2 fully saturated rings. The zero-order valence-corrected chi connectivity index (χ0v) is 11.3. The fraction of sp³-hybridized carbons (Fsp3) is 0.917. The van der Waals surface area contributed by atoms with Gasteiger partial charge in [0.15, 0.2) is 0 Å². The van der Waals surface area contributed by atoms with E-state index in [1.54, 1.807) is 0 Å². The van der Waals surface area contributed by atoms with Gasteiger partial charge in [0.05, 0.1) is 6.04 Å². The molecule has 4 heteroatoms. The van der Waals surface area contributed by atoms with Gasteiger partial charge >= 0.3 is 0 Å². The number of amides is 1. The summed E-state index contributed by atoms with van der Waals surface area (Å²) in [7, 11) is 0. The van der Waals surface area contributed by atoms with E-state index in [-0.39, 0.29) is 6.04 Å². The number of hydrogen-bond donors (Lipinski definition) is 0. The Morgan fingerprint density at radius 2 is 2.12 bits per heavy atom. The maximum absolute atomic E-state index is 12.2. The van der Waals surface area contributed by atoms with Gasteiger partial charge in [-0.1, -0.05) is 6.92 Å². The summed E-state index contributed by atoms with van der Waals surface area (Å²) in [6.07, 6.45) is 1.02. The summed E-state index contributed by atoms with van der Waals surface area (Å²) in [4.78, 5) is 16.6. The topological polar surface area (TPSA) is 23.6 Å². The Labute approximate surface area is 103 Å². The predicted molar refractivity (Wildman–Crippen MR) is 68.7 cm³/mol. The van der Waals surface area contributed by atoms with E-state index in [0.717, 1.165) is 26.1 Å². The molecule has 2 atom stereocenters. The zero-order chi connectivity index (χ0) is 11.7. The minimum Gasteiger partial charge on any atom is -0.339 e. The van der Waals surface area contributed by atoms with E-state index in [4.69, 9.17) is 0 Å². The van der Waals surface area contributed by atoms with Gasteiger partial charge in [-0.15, -0.1) is 0 Å². The fourth-order valence-corrected chi connectivity index (χ4v) is 3.71. The maximum Gasteiger partial charge on any atom is 0.240 e. The third-order valence-electron chi connectivity index (χ3n) is 3.55. The quantitative estimate of drug-likeness (QED) is 0.732. The number of likely N-dealkylation sites (tertiary alicyclic amines) is 1. The lowest BCUT2D eigenvalue weighted by Gasteiger charge is -2.34. The van der Waals surface area contributed by atoms with Crippen molar-refractivity contribution >= 4 is 17.7 Å². The van der Waals surface area contributed by atoms with Crippen LogP contribution in [0.4, 0.5) is 0 Å². The number of hydrogen-bond acceptors (Lipinski definition) is 3. The molecule has 0 bridgehead atoms. The lowest BCUT2D eigenvalue weighted by molar-refractivity contribution is -0.133. The fourth-order valence-electron chi connectivity index (χ4n) is 2.67. The van der Waals surface area contributed by atoms with Crippen LogP contribution in [-0.4, -0.2) is 58.4 Å². The van der Waals surface area contributed by atoms with Crippen LogP contribution >= 0.6 is 11.8 Å². The van der Waals surface area contributed by atoms with Crippen molar-refractivity contribution < 1.29 is 4.79 Å². The molecule has 1 amide bonds. The highest BCUT2D eigenvalue weighted by atomic mass is 32.2. The molecule has 0 N–H and O–H groups in total. The number of nitrogens with zero attached hydrogens (tertiary/aromatic N) is 2. The van der Waals surface area contributed by atoms with Gasteiger partial charge in [-0.2, -0.15) is 11.8 Å². The second-order valence-electron chi connectivity index (χ2n) is 5.11. The summed E-state index contributed by atoms with van der Waals surface area (Å²) in [5.74, 6) is 1.53. The van der Waals surface area contributed by atoms with E-state index < -0.39 is 0 Å². The molecule has 0 aromatic heterocycles. The molecule has 0 aliphatic carbocycles. The van der Waals surface area contributed by atoms with E-state index >= 15 is 0 Å². The van der Waals surface area contributed by atoms with Gasteiger partial charge < -0.3 is 4.90 Å². The van der Waals surface area contributed by atoms with Crippen LogP contribution in [-0.2, 0) is 4.79 Å². The predicted octanol–water partition coefficient (Wildman–Crippen LogP) is 1.43. The molecule has 92 valence electrons. The molecule has 2 saturated heterocycles. The number of rotatable bonds is 2. The third-order valence-corrected chi connectivity index (χ3v) is 4.68. The lowest BCUT2D eigenvalue weighted by Crippen LogP contribution is -2.48. The van der Waals surface area contributed by atoms with Crippen molar-refractivity contribution in [2.75, 3.05) is 25.4 Å². The molecule has 16 heavy (non-hydrogen) atoms. The van der Waals surface area contributed by atoms with Crippen LogP contribution in [0.3, 0.4) is 0 Å². The second kappa shape index (κ2) is 4.96. The van der Waals surface area contributed by atoms with Crippen LogP contribution in [0.5, 0.6) is 0 Å². The zero-order valence-electron chi connectivity index (χ0n) is 10.5. The van der Waals surface area contributed by atoms with E-state index in [9.17, 15) is 4.79 Å². The molecule has 0 spiro atoms. The van der Waals surface area contributed by atoms with Crippen molar-refractivity contribution in [3.63, 3.8) is 0 Å². The first-order valence-electron chi connectivity index (χ1n) is 6.25. The van der Waals surface area contributed by atoms with Crippen molar-refractivity contribution in [3.05, 3.63) is 0 Å². The Morgan fingerprint density at radius 3 is 2.69 bits per heavy atom. The van der Waals surface area contributed by atoms with Crippen LogP contribution in [0.15, 0.2) is 0 Å². The normalized spacial score (nSPS) is 32.8. The van der Waals surface area contributed by atoms with Crippen LogP contribution in [0.25, 0.3) is 0 Å². The Hall–Kier alpha value is -0.220. The molecule has 2 heterocycles. The van der Waals surface area contributed by atoms with Gasteiger partial charge in [-0.25, -0.2) is 0 Å². The molecule has 0 aromatic rings. The molecule has 0 aromatic carbocycles. The minimum absolute atomic E-state index is 0.172. The monoisotopic (exact) mass is 242 g/mol. The van der Waals surface area contributed by atoms with Crippen molar-refractivity contribution in [2.45, 2.75) is 44.5 Å². The Morgan fingerprint density at radius 1 is 1.38 bits per heavy atom. The van der Waals surface area contributed by atoms with Crippen LogP contribution in [0.2, 0.25) is 0 Å². The second-order valence-corrected chi connectivity index (χ2v) is 6.65. The Bertz CT molecular complexity index is 270. The highest BCUT2D eigenvalue weighted by Crippen LogP contribution is 2.25. The lowest BCUT2D eigenvalue weighted by atomic mass is 10.2. The first kappa shape index (κ1) is 12.2. The number of carbonyl (C=O) groups is 1. The maximum atomic E-state index is 12.2. The van der Waals surface area contributed by atoms with Crippen molar-refractivity contribution in [1.29, 1.82) is 0 Å². The van der Waals surface area contributed by atoms with E-state index in [0.29, 0.717) is 17.2 Å². The van der Waals surface area contributed by atoms with E-state index in [2.05, 4.69) is 25.7 Å². The molecular formula is C12H22N2OS. The van der Waals surface area contributed by atoms with Crippen LogP contribution in [0, 0.1) is 0 Å². The largest absolute Gasteiger partial charge is 0.339 e. The van der Waals surface area contributed by atoms with Crippen molar-refractivity contribution in [1.82, 2.24) is 9.80 Å². The number of carbonyl (C=O) groups excluding carboxylic acids is 1. The Balaban J connectivity index is 1.98. The molecule has 2 aliphatic rings. The van der Waals surface area contributed by atoms with Gasteiger partial charge in [0.1, 0.15) is 0 Å². The van der Waals surface area contributed by atoms with Crippen LogP contribution < -0.4 is 0 Å². The standard InChI is InChI=1S/C12H22N2OS/c1-9(2)14-5-4-11(12(14)15)13-6-7-16-10(3)8-13/h9-11H,4-8H2,1-3H3/t10-,11-/m0/s1. The summed E-state index contributed by atoms with van der Waals surface area (Å²) in [5, 5.41) is 0.676. The van der Waals surface area contributed by atoms with Gasteiger partial charge in [-0.3, -0.25) is 9.69 Å². The molecular weight excluding hydrogens is 220 g/mol. The summed E-state index contributed by atoms with van der Waals surface area (Å²) >= 11 is 2.02. The Kier molecular flexibility index (Phi) is 3.80. The molecule has 0 saturated carbocycles. The van der Waals surface area contributed by atoms with Crippen LogP contribution in [0.1, 0.15) is 27.2 Å². The highest BCUT2D eigenvalue weighted by molar-refractivity contribution is 7.99. The summed E-state index contributed by atoms with van der Waals surface area (Å²) in [5.41, 5.74) is 0. The molecule has 0 unspecified atom stereocenters. The van der Waals surface area contributed by atoms with Gasteiger partial charge in [0, 0.05) is 36.7 Å². The van der Waals surface area contributed by atoms with Gasteiger partial charge in [0.2, 0.25) is 5.91 Å². The molecule has 0 radical (unpaired) electrons. The molecule has 3 nitrogen and oxygen atoms in total. The number of thioether (sulfide) groups is 1. The average Bonchev–Trinajstić information content (AvgIpc) is 2.60. The average molecular weight is 242 g/mol. The summed E-state index contributed by atoms with van der Waals surface area (Å²) in [6, 6.07) is 0.528. The highest BCUT2D eigenvalue weighted by Gasteiger charge is 2.38. The summed E-state index contributed by atoms with van der Waals surface area (Å²) < 4.78 is 0. The smallest absolute Gasteiger partial charge is 0.240 e. The van der Waals surface area contributed by atoms with Gasteiger partial charge in [-0.05, 0) is 20.3 Å². The van der Waals surface area contributed by atoms with Gasteiger partial charge in [0.25, 0.3) is 0 Å². The van der Waals surface area contributed by atoms with Crippen molar-refractivity contribution in [3.8, 4) is 0 Å². The molecule has 2 aliphatic heterocycles. The molecule has 2 rings (SSSR count). The summed E-state index contributed by atoms with van der Waals surface area (Å²) in [6.45, 7) is 9.57.